The van der Waals surface area contributed by atoms with Crippen LogP contribution < -0.4 is 4.74 Å². The zero-order valence-electron chi connectivity index (χ0n) is 11.2. The lowest BCUT2D eigenvalue weighted by Crippen LogP contribution is -2.33. The average Bonchev–Trinajstić information content (AvgIpc) is 2.44. The normalized spacial score (nSPS) is 26.1. The smallest absolute Gasteiger partial charge is 0.139 e. The minimum Gasteiger partial charge on any atom is -0.487 e. The lowest BCUT2D eigenvalue weighted by atomic mass is 9.79. The number of nitriles is 1. The first-order chi connectivity index (χ1) is 9.55. The molecular weight excluding hydrogens is 317 g/mol. The quantitative estimate of drug-likeness (QED) is 0.661. The zero-order chi connectivity index (χ0) is 14.7. The summed E-state index contributed by atoms with van der Waals surface area (Å²) in [5.74, 6) is 1.01. The molecule has 3 unspecified atom stereocenters. The van der Waals surface area contributed by atoms with Crippen molar-refractivity contribution in [3.63, 3.8) is 0 Å². The Hall–Kier alpha value is -0.620. The predicted octanol–water partition coefficient (Wildman–Crippen LogP) is 5.74. The van der Waals surface area contributed by atoms with Gasteiger partial charge in [0, 0.05) is 6.07 Å². The Kier molecular flexibility index (Phi) is 5.43. The Labute approximate surface area is 134 Å². The van der Waals surface area contributed by atoms with Gasteiger partial charge in [-0.05, 0) is 31.2 Å². The van der Waals surface area contributed by atoms with Gasteiger partial charge in [0.2, 0.25) is 0 Å². The number of rotatable bonds is 3. The maximum Gasteiger partial charge on any atom is 0.139 e. The van der Waals surface area contributed by atoms with Crippen molar-refractivity contribution in [2.75, 3.05) is 0 Å². The van der Waals surface area contributed by atoms with Gasteiger partial charge < -0.3 is 4.74 Å². The molecule has 0 heterocycles. The van der Waals surface area contributed by atoms with Crippen LogP contribution in [0.15, 0.2) is 12.1 Å². The molecule has 0 bridgehead atoms. The van der Waals surface area contributed by atoms with E-state index in [0.29, 0.717) is 26.7 Å². The summed E-state index contributed by atoms with van der Waals surface area (Å²) < 4.78 is 5.96. The van der Waals surface area contributed by atoms with Gasteiger partial charge in [-0.3, -0.25) is 0 Å². The van der Waals surface area contributed by atoms with Gasteiger partial charge in [0.15, 0.2) is 0 Å². The minimum absolute atomic E-state index is 0.0941. The fraction of sp³-hybridized carbons (Fsp3) is 0.533. The summed E-state index contributed by atoms with van der Waals surface area (Å²) >= 11 is 18.0. The zero-order valence-corrected chi connectivity index (χ0v) is 13.5. The van der Waals surface area contributed by atoms with E-state index in [1.165, 1.54) is 0 Å². The van der Waals surface area contributed by atoms with Crippen molar-refractivity contribution in [1.29, 1.82) is 5.26 Å². The van der Waals surface area contributed by atoms with Gasteiger partial charge in [0.05, 0.1) is 27.1 Å². The molecule has 1 fully saturated rings. The van der Waals surface area contributed by atoms with Crippen molar-refractivity contribution < 1.29 is 4.74 Å². The second-order valence-electron chi connectivity index (χ2n) is 5.18. The highest BCUT2D eigenvalue weighted by Crippen LogP contribution is 2.38. The van der Waals surface area contributed by atoms with Crippen LogP contribution in [0.5, 0.6) is 5.75 Å². The molecule has 1 saturated carbocycles. The maximum absolute atomic E-state index is 9.26. The Morgan fingerprint density at radius 2 is 1.90 bits per heavy atom. The number of hydrogen-bond acceptors (Lipinski definition) is 2. The second-order valence-corrected chi connectivity index (χ2v) is 6.40. The third-order valence-electron chi connectivity index (χ3n) is 3.90. The van der Waals surface area contributed by atoms with Crippen molar-refractivity contribution >= 4 is 34.8 Å². The van der Waals surface area contributed by atoms with Crippen molar-refractivity contribution in [2.45, 2.75) is 38.7 Å². The summed E-state index contributed by atoms with van der Waals surface area (Å²) in [6.45, 7) is 2.17. The predicted molar refractivity (Wildman–Crippen MR) is 82.6 cm³/mol. The van der Waals surface area contributed by atoms with Crippen LogP contribution in [0, 0.1) is 23.2 Å². The summed E-state index contributed by atoms with van der Waals surface area (Å²) in [4.78, 5) is 0. The van der Waals surface area contributed by atoms with Crippen molar-refractivity contribution in [3.05, 3.63) is 27.2 Å². The first-order valence-electron chi connectivity index (χ1n) is 6.76. The van der Waals surface area contributed by atoms with E-state index in [2.05, 4.69) is 13.0 Å². The van der Waals surface area contributed by atoms with Crippen LogP contribution in [-0.4, -0.2) is 6.10 Å². The molecule has 1 aliphatic rings. The highest BCUT2D eigenvalue weighted by atomic mass is 35.5. The molecular formula is C15H16Cl3NO. The van der Waals surface area contributed by atoms with E-state index in [-0.39, 0.29) is 12.0 Å². The van der Waals surface area contributed by atoms with Gasteiger partial charge in [0.25, 0.3) is 0 Å². The third kappa shape index (κ3) is 3.52. The average molecular weight is 333 g/mol. The van der Waals surface area contributed by atoms with Gasteiger partial charge in [-0.2, -0.15) is 5.26 Å². The van der Waals surface area contributed by atoms with Crippen molar-refractivity contribution in [3.8, 4) is 11.8 Å². The van der Waals surface area contributed by atoms with Gasteiger partial charge in [0.1, 0.15) is 11.9 Å². The number of nitrogens with zero attached hydrogens (tertiary/aromatic N) is 1. The fourth-order valence-electron chi connectivity index (χ4n) is 2.62. The number of benzene rings is 1. The lowest BCUT2D eigenvalue weighted by molar-refractivity contribution is 0.0894. The summed E-state index contributed by atoms with van der Waals surface area (Å²) in [6, 6.07) is 5.53. The standard InChI is InChI=1S/C15H16Cl3NO/c1-2-9-3-4-10(8-19)14(5-9)20-15-7-12(17)11(16)6-13(15)18/h6-7,9-10,14H,2-5H2,1H3. The second kappa shape index (κ2) is 6.89. The van der Waals surface area contributed by atoms with E-state index in [0.717, 1.165) is 25.7 Å². The molecule has 1 aromatic rings. The van der Waals surface area contributed by atoms with Crippen LogP contribution in [0.2, 0.25) is 15.1 Å². The van der Waals surface area contributed by atoms with Crippen LogP contribution in [-0.2, 0) is 0 Å². The van der Waals surface area contributed by atoms with Crippen LogP contribution in [0.1, 0.15) is 32.6 Å². The van der Waals surface area contributed by atoms with E-state index < -0.39 is 0 Å². The SMILES string of the molecule is CCC1CCC(C#N)C(Oc2cc(Cl)c(Cl)cc2Cl)C1. The largest absolute Gasteiger partial charge is 0.487 e. The van der Waals surface area contributed by atoms with E-state index in [1.54, 1.807) is 12.1 Å². The van der Waals surface area contributed by atoms with Crippen LogP contribution >= 0.6 is 34.8 Å². The molecule has 1 aliphatic carbocycles. The number of ether oxygens (including phenoxy) is 1. The topological polar surface area (TPSA) is 33.0 Å². The highest BCUT2D eigenvalue weighted by molar-refractivity contribution is 6.43. The molecule has 2 nitrogen and oxygen atoms in total. The maximum atomic E-state index is 9.26. The first-order valence-corrected chi connectivity index (χ1v) is 7.89. The Bertz CT molecular complexity index is 527. The number of halogens is 3. The fourth-order valence-corrected chi connectivity index (χ4v) is 3.20. The molecule has 5 heteroatoms. The van der Waals surface area contributed by atoms with Gasteiger partial charge in [-0.1, -0.05) is 48.1 Å². The Morgan fingerprint density at radius 3 is 2.55 bits per heavy atom. The molecule has 0 aliphatic heterocycles. The minimum atomic E-state index is -0.131. The summed E-state index contributed by atoms with van der Waals surface area (Å²) in [5, 5.41) is 10.5. The third-order valence-corrected chi connectivity index (χ3v) is 4.91. The van der Waals surface area contributed by atoms with E-state index in [9.17, 15) is 5.26 Å². The lowest BCUT2D eigenvalue weighted by Gasteiger charge is -2.32. The summed E-state index contributed by atoms with van der Waals surface area (Å²) in [6.07, 6.45) is 3.81. The molecule has 0 aromatic heterocycles. The summed E-state index contributed by atoms with van der Waals surface area (Å²) in [7, 11) is 0. The van der Waals surface area contributed by atoms with Crippen LogP contribution in [0.3, 0.4) is 0 Å². The molecule has 0 amide bonds. The molecule has 0 N–H and O–H groups in total. The highest BCUT2D eigenvalue weighted by Gasteiger charge is 2.32. The number of hydrogen-bond donors (Lipinski definition) is 0. The Balaban J connectivity index is 2.18. The van der Waals surface area contributed by atoms with Crippen LogP contribution in [0.25, 0.3) is 0 Å². The monoisotopic (exact) mass is 331 g/mol. The van der Waals surface area contributed by atoms with Crippen molar-refractivity contribution in [1.82, 2.24) is 0 Å². The van der Waals surface area contributed by atoms with E-state index in [1.807, 2.05) is 0 Å². The summed E-state index contributed by atoms with van der Waals surface area (Å²) in [5.41, 5.74) is 0. The first kappa shape index (κ1) is 15.8. The van der Waals surface area contributed by atoms with Gasteiger partial charge >= 0.3 is 0 Å². The van der Waals surface area contributed by atoms with Gasteiger partial charge in [-0.15, -0.1) is 0 Å². The van der Waals surface area contributed by atoms with Crippen molar-refractivity contribution in [2.24, 2.45) is 11.8 Å². The molecule has 1 aromatic carbocycles. The molecule has 0 radical (unpaired) electrons. The van der Waals surface area contributed by atoms with Crippen LogP contribution in [0.4, 0.5) is 0 Å². The van der Waals surface area contributed by atoms with Gasteiger partial charge in [-0.25, -0.2) is 0 Å². The molecule has 0 saturated heterocycles. The molecule has 2 rings (SSSR count). The molecule has 0 spiro atoms. The Morgan fingerprint density at radius 1 is 1.20 bits per heavy atom. The molecule has 20 heavy (non-hydrogen) atoms. The van der Waals surface area contributed by atoms with E-state index >= 15 is 0 Å². The molecule has 3 atom stereocenters. The molecule has 108 valence electrons. The van der Waals surface area contributed by atoms with E-state index in [4.69, 9.17) is 39.5 Å².